The SMILES string of the molecule is CC(C)N1CCCC(NCC(C)(C)c2cccs2)CC1. The Labute approximate surface area is 128 Å². The van der Waals surface area contributed by atoms with Crippen molar-refractivity contribution in [3.8, 4) is 0 Å². The van der Waals surface area contributed by atoms with Crippen LogP contribution < -0.4 is 5.32 Å². The van der Waals surface area contributed by atoms with E-state index in [1.807, 2.05) is 11.3 Å². The molecule has 0 saturated carbocycles. The molecule has 114 valence electrons. The van der Waals surface area contributed by atoms with Crippen molar-refractivity contribution in [2.45, 2.75) is 64.5 Å². The van der Waals surface area contributed by atoms with Gasteiger partial charge in [0, 0.05) is 28.9 Å². The van der Waals surface area contributed by atoms with Gasteiger partial charge in [-0.05, 0) is 57.6 Å². The lowest BCUT2D eigenvalue weighted by Crippen LogP contribution is -2.39. The van der Waals surface area contributed by atoms with Crippen LogP contribution in [0, 0.1) is 0 Å². The first-order chi connectivity index (χ1) is 9.49. The highest BCUT2D eigenvalue weighted by Crippen LogP contribution is 2.27. The van der Waals surface area contributed by atoms with Crippen molar-refractivity contribution < 1.29 is 0 Å². The van der Waals surface area contributed by atoms with Gasteiger partial charge in [-0.3, -0.25) is 0 Å². The van der Waals surface area contributed by atoms with Gasteiger partial charge in [-0.25, -0.2) is 0 Å². The minimum Gasteiger partial charge on any atom is -0.313 e. The molecule has 0 radical (unpaired) electrons. The van der Waals surface area contributed by atoms with E-state index in [0.717, 1.165) is 6.54 Å². The van der Waals surface area contributed by atoms with E-state index in [1.165, 1.54) is 37.2 Å². The highest BCUT2D eigenvalue weighted by atomic mass is 32.1. The number of nitrogens with one attached hydrogen (secondary N) is 1. The number of likely N-dealkylation sites (tertiary alicyclic amines) is 1. The largest absolute Gasteiger partial charge is 0.313 e. The normalized spacial score (nSPS) is 22.1. The minimum atomic E-state index is 0.248. The average molecular weight is 295 g/mol. The first-order valence-electron chi connectivity index (χ1n) is 8.00. The Morgan fingerprint density at radius 2 is 2.15 bits per heavy atom. The van der Waals surface area contributed by atoms with Crippen LogP contribution in [0.5, 0.6) is 0 Å². The molecule has 1 fully saturated rings. The summed E-state index contributed by atoms with van der Waals surface area (Å²) in [4.78, 5) is 4.11. The third-order valence-electron chi connectivity index (χ3n) is 4.51. The van der Waals surface area contributed by atoms with Crippen LogP contribution in [0.3, 0.4) is 0 Å². The Bertz CT molecular complexity index is 384. The molecule has 0 bridgehead atoms. The predicted octanol–water partition coefficient (Wildman–Crippen LogP) is 3.88. The Hall–Kier alpha value is -0.380. The molecule has 1 atom stereocenters. The Kier molecular flexibility index (Phi) is 5.65. The second-order valence-corrected chi connectivity index (χ2v) is 7.95. The van der Waals surface area contributed by atoms with Crippen LogP contribution in [-0.2, 0) is 5.41 Å². The van der Waals surface area contributed by atoms with Crippen molar-refractivity contribution in [2.24, 2.45) is 0 Å². The van der Waals surface area contributed by atoms with E-state index >= 15 is 0 Å². The van der Waals surface area contributed by atoms with Crippen molar-refractivity contribution in [3.63, 3.8) is 0 Å². The highest BCUT2D eigenvalue weighted by molar-refractivity contribution is 7.10. The number of hydrogen-bond acceptors (Lipinski definition) is 3. The number of nitrogens with zero attached hydrogens (tertiary/aromatic N) is 1. The fourth-order valence-electron chi connectivity index (χ4n) is 2.99. The zero-order chi connectivity index (χ0) is 14.6. The van der Waals surface area contributed by atoms with Gasteiger partial charge in [0.1, 0.15) is 0 Å². The van der Waals surface area contributed by atoms with E-state index in [2.05, 4.69) is 55.4 Å². The maximum atomic E-state index is 3.83. The fourth-order valence-corrected chi connectivity index (χ4v) is 3.84. The van der Waals surface area contributed by atoms with E-state index in [9.17, 15) is 0 Å². The number of thiophene rings is 1. The van der Waals surface area contributed by atoms with Gasteiger partial charge < -0.3 is 10.2 Å². The standard InChI is InChI=1S/C17H30N2S/c1-14(2)19-10-5-7-15(9-11-19)18-13-17(3,4)16-8-6-12-20-16/h6,8,12,14-15,18H,5,7,9-11,13H2,1-4H3. The van der Waals surface area contributed by atoms with Crippen molar-refractivity contribution >= 4 is 11.3 Å². The van der Waals surface area contributed by atoms with Crippen LogP contribution in [0.2, 0.25) is 0 Å². The zero-order valence-corrected chi connectivity index (χ0v) is 14.3. The van der Waals surface area contributed by atoms with Crippen molar-refractivity contribution in [1.82, 2.24) is 10.2 Å². The van der Waals surface area contributed by atoms with Gasteiger partial charge in [-0.2, -0.15) is 0 Å². The van der Waals surface area contributed by atoms with E-state index in [1.54, 1.807) is 0 Å². The summed E-state index contributed by atoms with van der Waals surface area (Å²) in [5.74, 6) is 0. The summed E-state index contributed by atoms with van der Waals surface area (Å²) in [5, 5.41) is 6.01. The van der Waals surface area contributed by atoms with Gasteiger partial charge in [0.15, 0.2) is 0 Å². The lowest BCUT2D eigenvalue weighted by atomic mass is 9.91. The van der Waals surface area contributed by atoms with Gasteiger partial charge in [0.25, 0.3) is 0 Å². The molecule has 0 spiro atoms. The number of rotatable bonds is 5. The molecule has 1 aromatic heterocycles. The van der Waals surface area contributed by atoms with Gasteiger partial charge in [0.2, 0.25) is 0 Å². The molecule has 1 saturated heterocycles. The summed E-state index contributed by atoms with van der Waals surface area (Å²) in [7, 11) is 0. The van der Waals surface area contributed by atoms with Crippen molar-refractivity contribution in [1.29, 1.82) is 0 Å². The molecular formula is C17H30N2S. The molecule has 0 aliphatic carbocycles. The maximum Gasteiger partial charge on any atom is 0.0115 e. The summed E-state index contributed by atoms with van der Waals surface area (Å²) >= 11 is 1.88. The molecule has 1 aliphatic rings. The monoisotopic (exact) mass is 294 g/mol. The molecule has 20 heavy (non-hydrogen) atoms. The van der Waals surface area contributed by atoms with E-state index in [4.69, 9.17) is 0 Å². The van der Waals surface area contributed by atoms with Gasteiger partial charge >= 0.3 is 0 Å². The summed E-state index contributed by atoms with van der Waals surface area (Å²) in [6.07, 6.45) is 3.94. The van der Waals surface area contributed by atoms with Crippen LogP contribution in [0.25, 0.3) is 0 Å². The number of hydrogen-bond donors (Lipinski definition) is 1. The predicted molar refractivity (Wildman–Crippen MR) is 89.7 cm³/mol. The Morgan fingerprint density at radius 1 is 1.35 bits per heavy atom. The first kappa shape index (κ1) is 16.0. The summed E-state index contributed by atoms with van der Waals surface area (Å²) in [6.45, 7) is 12.9. The second kappa shape index (κ2) is 7.06. The van der Waals surface area contributed by atoms with Gasteiger partial charge in [0.05, 0.1) is 0 Å². The quantitative estimate of drug-likeness (QED) is 0.886. The van der Waals surface area contributed by atoms with Crippen LogP contribution in [0.1, 0.15) is 51.8 Å². The fraction of sp³-hybridized carbons (Fsp3) is 0.765. The molecule has 3 heteroatoms. The second-order valence-electron chi connectivity index (χ2n) is 7.00. The summed E-state index contributed by atoms with van der Waals surface area (Å²) in [5.41, 5.74) is 0.248. The Balaban J connectivity index is 1.82. The molecule has 1 N–H and O–H groups in total. The average Bonchev–Trinajstić information content (AvgIpc) is 2.83. The molecule has 2 nitrogen and oxygen atoms in total. The maximum absolute atomic E-state index is 3.83. The van der Waals surface area contributed by atoms with Crippen LogP contribution >= 0.6 is 11.3 Å². The first-order valence-corrected chi connectivity index (χ1v) is 8.88. The highest BCUT2D eigenvalue weighted by Gasteiger charge is 2.24. The summed E-state index contributed by atoms with van der Waals surface area (Å²) < 4.78 is 0. The minimum absolute atomic E-state index is 0.248. The molecular weight excluding hydrogens is 264 g/mol. The van der Waals surface area contributed by atoms with Gasteiger partial charge in [-0.15, -0.1) is 11.3 Å². The van der Waals surface area contributed by atoms with Crippen LogP contribution in [-0.4, -0.2) is 36.6 Å². The van der Waals surface area contributed by atoms with E-state index in [-0.39, 0.29) is 5.41 Å². The third-order valence-corrected chi connectivity index (χ3v) is 5.75. The molecule has 0 amide bonds. The lowest BCUT2D eigenvalue weighted by molar-refractivity contribution is 0.228. The van der Waals surface area contributed by atoms with E-state index in [0.29, 0.717) is 12.1 Å². The van der Waals surface area contributed by atoms with E-state index < -0.39 is 0 Å². The van der Waals surface area contributed by atoms with Crippen molar-refractivity contribution in [2.75, 3.05) is 19.6 Å². The molecule has 1 unspecified atom stereocenters. The molecule has 1 aromatic rings. The third kappa shape index (κ3) is 4.31. The smallest absolute Gasteiger partial charge is 0.0115 e. The molecule has 2 rings (SSSR count). The zero-order valence-electron chi connectivity index (χ0n) is 13.5. The topological polar surface area (TPSA) is 15.3 Å². The molecule has 2 heterocycles. The van der Waals surface area contributed by atoms with Crippen molar-refractivity contribution in [3.05, 3.63) is 22.4 Å². The van der Waals surface area contributed by atoms with Gasteiger partial charge in [-0.1, -0.05) is 19.9 Å². The summed E-state index contributed by atoms with van der Waals surface area (Å²) in [6, 6.07) is 5.81. The lowest BCUT2D eigenvalue weighted by Gasteiger charge is -2.28. The van der Waals surface area contributed by atoms with Crippen LogP contribution in [0.15, 0.2) is 17.5 Å². The molecule has 0 aromatic carbocycles. The molecule has 1 aliphatic heterocycles. The Morgan fingerprint density at radius 3 is 2.80 bits per heavy atom. The van der Waals surface area contributed by atoms with Crippen LogP contribution in [0.4, 0.5) is 0 Å².